The molecule has 1 saturated carbocycles. The standard InChI is InChI=1S/C15H25N3O/c1-15(2,3)14(19)13(18-11-16-10-17-18)9-12-7-5-4-6-8-12/h9-12,14,19H,4-8H2,1-3H3/b13-9+. The lowest BCUT2D eigenvalue weighted by Crippen LogP contribution is -2.30. The van der Waals surface area contributed by atoms with Crippen molar-refractivity contribution >= 4 is 5.70 Å². The first kappa shape index (κ1) is 14.3. The molecule has 0 aromatic carbocycles. The van der Waals surface area contributed by atoms with Gasteiger partial charge in [-0.1, -0.05) is 46.1 Å². The normalized spacial score (nSPS) is 20.5. The Bertz CT molecular complexity index is 411. The van der Waals surface area contributed by atoms with Gasteiger partial charge in [0, 0.05) is 0 Å². The van der Waals surface area contributed by atoms with Gasteiger partial charge in [0.1, 0.15) is 18.8 Å². The van der Waals surface area contributed by atoms with Crippen molar-refractivity contribution in [2.45, 2.75) is 59.0 Å². The van der Waals surface area contributed by atoms with Gasteiger partial charge in [0.05, 0.1) is 5.70 Å². The summed E-state index contributed by atoms with van der Waals surface area (Å²) in [5.74, 6) is 0.560. The molecule has 1 aromatic heterocycles. The zero-order chi connectivity index (χ0) is 13.9. The van der Waals surface area contributed by atoms with Crippen molar-refractivity contribution in [1.82, 2.24) is 14.8 Å². The van der Waals surface area contributed by atoms with E-state index >= 15 is 0 Å². The number of allylic oxidation sites excluding steroid dienone is 1. The number of hydrogen-bond donors (Lipinski definition) is 1. The van der Waals surface area contributed by atoms with Crippen LogP contribution in [-0.2, 0) is 0 Å². The van der Waals surface area contributed by atoms with Crippen molar-refractivity contribution in [3.63, 3.8) is 0 Å². The van der Waals surface area contributed by atoms with Gasteiger partial charge in [0.25, 0.3) is 0 Å². The van der Waals surface area contributed by atoms with Gasteiger partial charge in [-0.2, -0.15) is 5.10 Å². The number of nitrogens with zero attached hydrogens (tertiary/aromatic N) is 3. The van der Waals surface area contributed by atoms with Gasteiger partial charge in [-0.15, -0.1) is 0 Å². The van der Waals surface area contributed by atoms with Crippen LogP contribution in [0.15, 0.2) is 18.7 Å². The van der Waals surface area contributed by atoms with Gasteiger partial charge in [0.2, 0.25) is 0 Å². The monoisotopic (exact) mass is 263 g/mol. The van der Waals surface area contributed by atoms with E-state index in [1.807, 2.05) is 20.8 Å². The minimum absolute atomic E-state index is 0.202. The SMILES string of the molecule is CC(C)(C)C(O)/C(=C\C1CCCCC1)n1cncn1. The molecule has 0 bridgehead atoms. The third kappa shape index (κ3) is 3.66. The highest BCUT2D eigenvalue weighted by Crippen LogP contribution is 2.31. The Labute approximate surface area is 115 Å². The summed E-state index contributed by atoms with van der Waals surface area (Å²) >= 11 is 0. The average Bonchev–Trinajstić information content (AvgIpc) is 2.89. The molecule has 0 radical (unpaired) electrons. The Hall–Kier alpha value is -1.16. The summed E-state index contributed by atoms with van der Waals surface area (Å²) in [6.45, 7) is 6.13. The predicted octanol–water partition coefficient (Wildman–Crippen LogP) is 3.11. The van der Waals surface area contributed by atoms with Crippen molar-refractivity contribution in [1.29, 1.82) is 0 Å². The van der Waals surface area contributed by atoms with Crippen molar-refractivity contribution in [3.8, 4) is 0 Å². The fraction of sp³-hybridized carbons (Fsp3) is 0.733. The summed E-state index contributed by atoms with van der Waals surface area (Å²) in [5.41, 5.74) is 0.670. The lowest BCUT2D eigenvalue weighted by atomic mass is 9.83. The zero-order valence-electron chi connectivity index (χ0n) is 12.2. The molecule has 1 N–H and O–H groups in total. The number of hydrogen-bond acceptors (Lipinski definition) is 3. The molecular weight excluding hydrogens is 238 g/mol. The van der Waals surface area contributed by atoms with Crippen molar-refractivity contribution in [2.24, 2.45) is 11.3 Å². The molecule has 0 saturated heterocycles. The van der Waals surface area contributed by atoms with Crippen LogP contribution in [-0.4, -0.2) is 26.0 Å². The van der Waals surface area contributed by atoms with Gasteiger partial charge < -0.3 is 5.11 Å². The maximum atomic E-state index is 10.6. The average molecular weight is 263 g/mol. The Morgan fingerprint density at radius 2 is 2.00 bits per heavy atom. The zero-order valence-corrected chi connectivity index (χ0v) is 12.2. The van der Waals surface area contributed by atoms with Crippen LogP contribution >= 0.6 is 0 Å². The largest absolute Gasteiger partial charge is 0.386 e. The van der Waals surface area contributed by atoms with Crippen LogP contribution in [0.5, 0.6) is 0 Å². The second-order valence-electron chi connectivity index (χ2n) is 6.60. The molecule has 1 heterocycles. The van der Waals surface area contributed by atoms with E-state index < -0.39 is 6.10 Å². The first-order valence-corrected chi connectivity index (χ1v) is 7.23. The second kappa shape index (κ2) is 5.87. The molecule has 1 aliphatic carbocycles. The maximum Gasteiger partial charge on any atom is 0.138 e. The van der Waals surface area contributed by atoms with E-state index in [1.165, 1.54) is 38.4 Å². The third-order valence-electron chi connectivity index (χ3n) is 3.84. The Morgan fingerprint density at radius 1 is 1.32 bits per heavy atom. The Morgan fingerprint density at radius 3 is 2.53 bits per heavy atom. The van der Waals surface area contributed by atoms with Crippen LogP contribution in [0.25, 0.3) is 5.70 Å². The summed E-state index contributed by atoms with van der Waals surface area (Å²) in [6, 6.07) is 0. The molecule has 4 nitrogen and oxygen atoms in total. The van der Waals surface area contributed by atoms with E-state index in [1.54, 1.807) is 11.0 Å². The quantitative estimate of drug-likeness (QED) is 0.911. The van der Waals surface area contributed by atoms with Crippen LogP contribution in [0, 0.1) is 11.3 Å². The van der Waals surface area contributed by atoms with Gasteiger partial charge >= 0.3 is 0 Å². The number of aromatic nitrogens is 3. The molecule has 0 amide bonds. The lowest BCUT2D eigenvalue weighted by molar-refractivity contribution is 0.108. The molecule has 0 spiro atoms. The molecule has 1 atom stereocenters. The minimum Gasteiger partial charge on any atom is -0.386 e. The van der Waals surface area contributed by atoms with E-state index in [-0.39, 0.29) is 5.41 Å². The fourth-order valence-electron chi connectivity index (χ4n) is 2.62. The van der Waals surface area contributed by atoms with Crippen molar-refractivity contribution in [3.05, 3.63) is 18.7 Å². The van der Waals surface area contributed by atoms with Crippen LogP contribution in [0.1, 0.15) is 52.9 Å². The summed E-state index contributed by atoms with van der Waals surface area (Å²) in [5, 5.41) is 14.8. The molecule has 0 aliphatic heterocycles. The van der Waals surface area contributed by atoms with Crippen LogP contribution in [0.4, 0.5) is 0 Å². The summed E-state index contributed by atoms with van der Waals surface area (Å²) in [4.78, 5) is 4.00. The van der Waals surface area contributed by atoms with Crippen LogP contribution in [0.2, 0.25) is 0 Å². The molecular formula is C15H25N3O. The van der Waals surface area contributed by atoms with Crippen molar-refractivity contribution < 1.29 is 5.11 Å². The Balaban J connectivity index is 2.26. The third-order valence-corrected chi connectivity index (χ3v) is 3.84. The van der Waals surface area contributed by atoms with Gasteiger partial charge in [-0.25, -0.2) is 9.67 Å². The summed E-state index contributed by atoms with van der Waals surface area (Å²) in [6.07, 6.45) is 11.2. The van der Waals surface area contributed by atoms with E-state index in [9.17, 15) is 5.11 Å². The van der Waals surface area contributed by atoms with Crippen LogP contribution < -0.4 is 0 Å². The number of rotatable bonds is 3. The second-order valence-corrected chi connectivity index (χ2v) is 6.60. The fourth-order valence-corrected chi connectivity index (χ4v) is 2.62. The topological polar surface area (TPSA) is 50.9 Å². The van der Waals surface area contributed by atoms with Crippen molar-refractivity contribution in [2.75, 3.05) is 0 Å². The van der Waals surface area contributed by atoms with Gasteiger partial charge in [0.15, 0.2) is 0 Å². The molecule has 4 heteroatoms. The molecule has 1 aromatic rings. The highest BCUT2D eigenvalue weighted by molar-refractivity contribution is 5.49. The highest BCUT2D eigenvalue weighted by Gasteiger charge is 2.28. The van der Waals surface area contributed by atoms with E-state index in [4.69, 9.17) is 0 Å². The maximum absolute atomic E-state index is 10.6. The number of aliphatic hydroxyl groups is 1. The summed E-state index contributed by atoms with van der Waals surface area (Å²) < 4.78 is 1.71. The van der Waals surface area contributed by atoms with E-state index in [0.717, 1.165) is 5.70 Å². The predicted molar refractivity (Wildman–Crippen MR) is 76.3 cm³/mol. The number of aliphatic hydroxyl groups excluding tert-OH is 1. The smallest absolute Gasteiger partial charge is 0.138 e. The van der Waals surface area contributed by atoms with E-state index in [2.05, 4.69) is 16.2 Å². The lowest BCUT2D eigenvalue weighted by Gasteiger charge is -2.29. The summed E-state index contributed by atoms with van der Waals surface area (Å²) in [7, 11) is 0. The first-order chi connectivity index (χ1) is 8.98. The molecule has 1 fully saturated rings. The highest BCUT2D eigenvalue weighted by atomic mass is 16.3. The van der Waals surface area contributed by atoms with Crippen LogP contribution in [0.3, 0.4) is 0 Å². The minimum atomic E-state index is -0.531. The molecule has 1 aliphatic rings. The Kier molecular flexibility index (Phi) is 4.40. The van der Waals surface area contributed by atoms with Gasteiger partial charge in [-0.05, 0) is 24.2 Å². The molecule has 2 rings (SSSR count). The molecule has 1 unspecified atom stereocenters. The molecule has 19 heavy (non-hydrogen) atoms. The molecule has 106 valence electrons. The first-order valence-electron chi connectivity index (χ1n) is 7.23. The van der Waals surface area contributed by atoms with Gasteiger partial charge in [-0.3, -0.25) is 0 Å². The van der Waals surface area contributed by atoms with E-state index in [0.29, 0.717) is 5.92 Å².